The molecule has 1 unspecified atom stereocenters. The molecule has 15 heteroatoms. The second-order valence-corrected chi connectivity index (χ2v) is 21.6. The number of methoxy groups -OCH3 is 1. The van der Waals surface area contributed by atoms with Crippen molar-refractivity contribution >= 4 is 68.1 Å². The van der Waals surface area contributed by atoms with Crippen molar-refractivity contribution < 1.29 is 18.1 Å². The highest BCUT2D eigenvalue weighted by Crippen LogP contribution is 2.42. The first-order valence-corrected chi connectivity index (χ1v) is 26.0. The van der Waals surface area contributed by atoms with Gasteiger partial charge >= 0.3 is 0 Å². The number of aryl methyl sites for hydroxylation is 2. The van der Waals surface area contributed by atoms with E-state index in [0.717, 1.165) is 124 Å². The van der Waals surface area contributed by atoms with Crippen LogP contribution in [0.4, 0.5) is 37.6 Å². The molecule has 11 nitrogen and oxygen atoms in total. The van der Waals surface area contributed by atoms with E-state index in [1.807, 2.05) is 24.3 Å². The van der Waals surface area contributed by atoms with Crippen molar-refractivity contribution in [3.8, 4) is 5.75 Å². The van der Waals surface area contributed by atoms with Gasteiger partial charge in [-0.25, -0.2) is 13.8 Å². The third-order valence-electron chi connectivity index (χ3n) is 13.1. The van der Waals surface area contributed by atoms with E-state index < -0.39 is 18.8 Å². The molecule has 0 aliphatic carbocycles. The Hall–Kier alpha value is -4.20. The average molecular weight is 945 g/mol. The van der Waals surface area contributed by atoms with Gasteiger partial charge in [0.2, 0.25) is 5.95 Å². The molecule has 5 aromatic rings. The molecule has 1 atom stereocenters. The van der Waals surface area contributed by atoms with E-state index in [1.165, 1.54) is 11.3 Å². The molecule has 0 spiro atoms. The Labute approximate surface area is 379 Å². The Balaban J connectivity index is 0.880. The van der Waals surface area contributed by atoms with Gasteiger partial charge in [0.25, 0.3) is 0 Å². The number of pyridine rings is 1. The number of aromatic nitrogens is 3. The normalized spacial score (nSPS) is 18.2. The highest BCUT2D eigenvalue weighted by Gasteiger charge is 2.30. The molecule has 8 rings (SSSR count). The summed E-state index contributed by atoms with van der Waals surface area (Å²) in [4.78, 5) is 21.8. The molecule has 3 aliphatic rings. The number of nitrogens with one attached hydrogen (secondary N) is 3. The lowest BCUT2D eigenvalue weighted by Crippen LogP contribution is -2.53. The van der Waals surface area contributed by atoms with E-state index in [4.69, 9.17) is 14.7 Å². The van der Waals surface area contributed by atoms with E-state index in [9.17, 15) is 4.57 Å². The maximum Gasteiger partial charge on any atom is 0.229 e. The highest BCUT2D eigenvalue weighted by atomic mass is 79.9. The molecule has 5 heterocycles. The monoisotopic (exact) mass is 943 g/mol. The molecule has 3 N–H and O–H groups in total. The lowest BCUT2D eigenvalue weighted by molar-refractivity contribution is 0.0855. The predicted molar refractivity (Wildman–Crippen MR) is 257 cm³/mol. The number of piperazine rings is 1. The number of anilines is 5. The van der Waals surface area contributed by atoms with Gasteiger partial charge in [0.15, 0.2) is 0 Å². The number of piperidine rings is 2. The minimum absolute atomic E-state index is 0.0870. The van der Waals surface area contributed by atoms with Crippen molar-refractivity contribution in [2.75, 3.05) is 94.9 Å². The van der Waals surface area contributed by atoms with Crippen LogP contribution in [0, 0.1) is 11.6 Å². The number of nitrogens with zero attached hydrogens (tertiary/aromatic N) is 6. The van der Waals surface area contributed by atoms with Gasteiger partial charge in [-0.1, -0.05) is 19.9 Å². The zero-order valence-corrected chi connectivity index (χ0v) is 39.7. The maximum atomic E-state index is 15.1. The minimum atomic E-state index is -2.73. The molecule has 0 bridgehead atoms. The van der Waals surface area contributed by atoms with E-state index in [1.54, 1.807) is 38.8 Å². The Morgan fingerprint density at radius 2 is 1.67 bits per heavy atom. The largest absolute Gasteiger partial charge is 0.494 e. The summed E-state index contributed by atoms with van der Waals surface area (Å²) in [5.74, 6) is 0.764. The first-order chi connectivity index (χ1) is 30.4. The molecule has 0 amide bonds. The summed E-state index contributed by atoms with van der Waals surface area (Å²) < 4.78 is 50.5. The van der Waals surface area contributed by atoms with Gasteiger partial charge in [-0.15, -0.1) is 0 Å². The zero-order chi connectivity index (χ0) is 44.3. The van der Waals surface area contributed by atoms with Crippen LogP contribution in [0.5, 0.6) is 5.75 Å². The molecule has 63 heavy (non-hydrogen) atoms. The maximum absolute atomic E-state index is 15.1. The number of benzene rings is 3. The molecule has 3 aliphatic heterocycles. The van der Waals surface area contributed by atoms with Crippen molar-refractivity contribution in [1.82, 2.24) is 30.1 Å². The fraction of sp³-hybridized carbons (Fsp3) is 0.479. The SMILES string of the molecule is CCc1ccc2c(P(C)(C)=O)c(Nc3nc(Nc4cc(CC)c(N5CCC(N6CCN(CCc7cc(F)c(C8CCCNC8)c(F)c7)CC6)CC5)cc4OC)ncc3Br)ccc2n1. The molecule has 336 valence electrons. The number of halogens is 3. The molecule has 2 aromatic heterocycles. The summed E-state index contributed by atoms with van der Waals surface area (Å²) >= 11 is 3.63. The van der Waals surface area contributed by atoms with Gasteiger partial charge in [-0.05, 0) is 128 Å². The van der Waals surface area contributed by atoms with E-state index >= 15 is 8.78 Å². The van der Waals surface area contributed by atoms with Crippen molar-refractivity contribution in [3.63, 3.8) is 0 Å². The number of hydrogen-bond donors (Lipinski definition) is 3. The standard InChI is InChI=1S/C48H61BrF2N9O2P/c1-6-32-27-42(56-48-53-30-37(49)47(57-48)55-41-13-12-40-36(46(41)63(4,5)61)11-10-34(7-2)54-40)44(62-3)28-43(32)60-19-15-35(16-20-60)59-23-21-58(22-24-59)18-14-31-25-38(50)45(39(51)26-31)33-9-8-17-52-29-33/h10-13,25-28,30,33,35,52H,6-9,14-24,29H2,1-5H3,(H2,53,55,56,57). The molecular formula is C48H61BrF2N9O2P. The lowest BCUT2D eigenvalue weighted by atomic mass is 9.90. The number of rotatable bonds is 14. The third kappa shape index (κ3) is 10.4. The highest BCUT2D eigenvalue weighted by molar-refractivity contribution is 9.10. The molecular weight excluding hydrogens is 883 g/mol. The fourth-order valence-corrected chi connectivity index (χ4v) is 11.5. The number of hydrogen-bond acceptors (Lipinski definition) is 11. The number of ether oxygens (including phenoxy) is 1. The lowest BCUT2D eigenvalue weighted by Gasteiger charge is -2.43. The quantitative estimate of drug-likeness (QED) is 0.0928. The van der Waals surface area contributed by atoms with E-state index in [2.05, 4.69) is 77.5 Å². The van der Waals surface area contributed by atoms with Gasteiger partial charge in [-0.3, -0.25) is 9.88 Å². The average Bonchev–Trinajstić information content (AvgIpc) is 3.29. The van der Waals surface area contributed by atoms with Crippen LogP contribution < -0.4 is 30.9 Å². The summed E-state index contributed by atoms with van der Waals surface area (Å²) in [6.07, 6.45) is 7.96. The van der Waals surface area contributed by atoms with Gasteiger partial charge in [0.05, 0.1) is 28.5 Å². The summed E-state index contributed by atoms with van der Waals surface area (Å²) in [5, 5.41) is 11.7. The third-order valence-corrected chi connectivity index (χ3v) is 15.3. The zero-order valence-electron chi connectivity index (χ0n) is 37.2. The minimum Gasteiger partial charge on any atom is -0.494 e. The van der Waals surface area contributed by atoms with E-state index in [-0.39, 0.29) is 11.5 Å². The molecule has 0 saturated carbocycles. The van der Waals surface area contributed by atoms with E-state index in [0.29, 0.717) is 46.7 Å². The molecule has 3 aromatic carbocycles. The van der Waals surface area contributed by atoms with Crippen LogP contribution in [0.3, 0.4) is 0 Å². The summed E-state index contributed by atoms with van der Waals surface area (Å²) in [5.41, 5.74) is 6.70. The van der Waals surface area contributed by atoms with Gasteiger partial charge in [-0.2, -0.15) is 4.98 Å². The second kappa shape index (κ2) is 19.9. The van der Waals surface area contributed by atoms with Crippen LogP contribution in [-0.2, 0) is 23.8 Å². The van der Waals surface area contributed by atoms with Crippen molar-refractivity contribution in [1.29, 1.82) is 0 Å². The smallest absolute Gasteiger partial charge is 0.229 e. The van der Waals surface area contributed by atoms with Crippen molar-refractivity contribution in [3.05, 3.63) is 93.2 Å². The Kier molecular flexibility index (Phi) is 14.3. The van der Waals surface area contributed by atoms with Crippen LogP contribution in [0.1, 0.15) is 67.8 Å². The van der Waals surface area contributed by atoms with Gasteiger partial charge < -0.3 is 35.1 Å². The Bertz CT molecular complexity index is 2440. The fourth-order valence-electron chi connectivity index (χ4n) is 9.71. The summed E-state index contributed by atoms with van der Waals surface area (Å²) in [6.45, 7) is 16.0. The predicted octanol–water partition coefficient (Wildman–Crippen LogP) is 9.23. The number of fused-ring (bicyclic) bond motifs is 1. The molecule has 3 fully saturated rings. The topological polar surface area (TPSA) is 111 Å². The molecule has 0 radical (unpaired) electrons. The van der Waals surface area contributed by atoms with Crippen LogP contribution >= 0.6 is 23.1 Å². The molecule has 3 saturated heterocycles. The van der Waals surface area contributed by atoms with Gasteiger partial charge in [0.1, 0.15) is 30.3 Å². The summed E-state index contributed by atoms with van der Waals surface area (Å²) in [6, 6.07) is 15.8. The Morgan fingerprint density at radius 1 is 0.905 bits per heavy atom. The van der Waals surface area contributed by atoms with Crippen LogP contribution in [0.15, 0.2) is 59.2 Å². The first-order valence-electron chi connectivity index (χ1n) is 22.6. The second-order valence-electron chi connectivity index (χ2n) is 17.6. The van der Waals surface area contributed by atoms with Crippen molar-refractivity contribution in [2.24, 2.45) is 0 Å². The van der Waals surface area contributed by atoms with Crippen LogP contribution in [0.2, 0.25) is 0 Å². The first kappa shape index (κ1) is 45.4. The Morgan fingerprint density at radius 3 is 2.33 bits per heavy atom. The van der Waals surface area contributed by atoms with Crippen LogP contribution in [0.25, 0.3) is 10.9 Å². The van der Waals surface area contributed by atoms with Crippen molar-refractivity contribution in [2.45, 2.75) is 70.8 Å². The van der Waals surface area contributed by atoms with Gasteiger partial charge in [0, 0.05) is 104 Å². The van der Waals surface area contributed by atoms with Crippen LogP contribution in [-0.4, -0.2) is 110 Å². The summed E-state index contributed by atoms with van der Waals surface area (Å²) in [7, 11) is -1.04.